The van der Waals surface area contributed by atoms with Crippen LogP contribution in [0.3, 0.4) is 0 Å². The van der Waals surface area contributed by atoms with Crippen molar-refractivity contribution in [2.24, 2.45) is 0 Å². The molecule has 0 bridgehead atoms. The monoisotopic (exact) mass is 435 g/mol. The normalized spacial score (nSPS) is 14.3. The van der Waals surface area contributed by atoms with E-state index in [0.717, 1.165) is 0 Å². The number of ether oxygens (including phenoxy) is 1. The van der Waals surface area contributed by atoms with Gasteiger partial charge in [-0.15, -0.1) is 0 Å². The largest absolute Gasteiger partial charge is 0.460 e. The average molecular weight is 437 g/mol. The summed E-state index contributed by atoms with van der Waals surface area (Å²) in [6.45, 7) is 2.81. The van der Waals surface area contributed by atoms with Crippen LogP contribution in [0.4, 0.5) is 0 Å². The van der Waals surface area contributed by atoms with Gasteiger partial charge in [0, 0.05) is 27.3 Å². The first-order chi connectivity index (χ1) is 12.2. The van der Waals surface area contributed by atoms with Crippen molar-refractivity contribution in [2.45, 2.75) is 19.6 Å². The molecule has 0 heterocycles. The molecule has 0 aliphatic carbocycles. The molecule has 0 spiro atoms. The third-order valence-electron chi connectivity index (χ3n) is 3.30. The van der Waals surface area contributed by atoms with Crippen LogP contribution in [0, 0.1) is 0 Å². The molecule has 1 N–H and O–H groups in total. The number of hydrogen-bond acceptors (Lipinski definition) is 4. The van der Waals surface area contributed by atoms with Gasteiger partial charge in [0.25, 0.3) is 0 Å². The van der Waals surface area contributed by atoms with Gasteiger partial charge in [-0.1, -0.05) is 40.9 Å². The van der Waals surface area contributed by atoms with Gasteiger partial charge in [0.05, 0.1) is 0 Å². The van der Waals surface area contributed by atoms with E-state index in [9.17, 15) is 9.36 Å². The van der Waals surface area contributed by atoms with Crippen molar-refractivity contribution < 1.29 is 18.6 Å². The Labute approximate surface area is 167 Å². The molecule has 0 saturated carbocycles. The lowest BCUT2D eigenvalue weighted by molar-refractivity contribution is -0.146. The van der Waals surface area contributed by atoms with Crippen LogP contribution in [0.1, 0.15) is 12.5 Å². The van der Waals surface area contributed by atoms with E-state index in [0.29, 0.717) is 26.4 Å². The van der Waals surface area contributed by atoms with Gasteiger partial charge in [0.1, 0.15) is 18.4 Å². The average Bonchev–Trinajstić information content (AvgIpc) is 2.55. The third-order valence-corrected chi connectivity index (χ3v) is 5.67. The van der Waals surface area contributed by atoms with Gasteiger partial charge < -0.3 is 9.26 Å². The second-order valence-electron chi connectivity index (χ2n) is 5.55. The summed E-state index contributed by atoms with van der Waals surface area (Å²) < 4.78 is 23.2. The van der Waals surface area contributed by atoms with Crippen LogP contribution in [0.5, 0.6) is 5.75 Å². The quantitative estimate of drug-likeness (QED) is 0.454. The number of carbonyl (C=O) groups is 1. The highest BCUT2D eigenvalue weighted by Gasteiger charge is 2.25. The van der Waals surface area contributed by atoms with Gasteiger partial charge >= 0.3 is 13.5 Å². The standard InChI is InChI=1S/C17H17Cl3NO4P/c1-11(17(22)24-10-14-15(19)4-3-5-16(14)20)21-26(2,23)25-13-8-6-12(18)7-9-13/h3-9,11H,10H2,1-2H3,(H,21,23)/t11-,26?/m0/s1. The minimum atomic E-state index is -3.30. The van der Waals surface area contributed by atoms with Crippen molar-refractivity contribution in [3.8, 4) is 5.75 Å². The lowest BCUT2D eigenvalue weighted by atomic mass is 10.2. The van der Waals surface area contributed by atoms with Gasteiger partial charge in [-0.3, -0.25) is 9.36 Å². The summed E-state index contributed by atoms with van der Waals surface area (Å²) in [5.74, 6) is -0.237. The first kappa shape index (κ1) is 21.1. The van der Waals surface area contributed by atoms with Gasteiger partial charge in [0.15, 0.2) is 0 Å². The van der Waals surface area contributed by atoms with E-state index < -0.39 is 19.5 Å². The zero-order valence-electron chi connectivity index (χ0n) is 14.0. The fourth-order valence-electron chi connectivity index (χ4n) is 2.07. The zero-order chi connectivity index (χ0) is 19.3. The van der Waals surface area contributed by atoms with Crippen molar-refractivity contribution >= 4 is 48.3 Å². The highest BCUT2D eigenvalue weighted by Crippen LogP contribution is 2.39. The summed E-state index contributed by atoms with van der Waals surface area (Å²) in [6, 6.07) is 10.5. The molecule has 0 radical (unpaired) electrons. The molecular formula is C17H17Cl3NO4P. The highest BCUT2D eigenvalue weighted by molar-refractivity contribution is 7.56. The summed E-state index contributed by atoms with van der Waals surface area (Å²) in [4.78, 5) is 12.1. The summed E-state index contributed by atoms with van der Waals surface area (Å²) in [7, 11) is -3.30. The number of esters is 1. The van der Waals surface area contributed by atoms with Gasteiger partial charge in [-0.25, -0.2) is 5.09 Å². The number of halogens is 3. The number of benzene rings is 2. The Morgan fingerprint density at radius 1 is 1.12 bits per heavy atom. The minimum absolute atomic E-state index is 0.0879. The molecule has 2 rings (SSSR count). The minimum Gasteiger partial charge on any atom is -0.460 e. The van der Waals surface area contributed by atoms with Crippen LogP contribution < -0.4 is 9.61 Å². The van der Waals surface area contributed by atoms with E-state index in [-0.39, 0.29) is 6.61 Å². The molecule has 2 aromatic rings. The van der Waals surface area contributed by atoms with Crippen molar-refractivity contribution in [2.75, 3.05) is 6.66 Å². The maximum absolute atomic E-state index is 12.5. The Morgan fingerprint density at radius 2 is 1.69 bits per heavy atom. The lowest BCUT2D eigenvalue weighted by Crippen LogP contribution is -2.34. The Morgan fingerprint density at radius 3 is 2.27 bits per heavy atom. The summed E-state index contributed by atoms with van der Waals surface area (Å²) in [5, 5.41) is 3.98. The molecule has 140 valence electrons. The van der Waals surface area contributed by atoms with Crippen LogP contribution in [0.25, 0.3) is 0 Å². The predicted molar refractivity (Wildman–Crippen MR) is 104 cm³/mol. The molecule has 0 aromatic heterocycles. The van der Waals surface area contributed by atoms with Crippen molar-refractivity contribution in [3.63, 3.8) is 0 Å². The Kier molecular flexibility index (Phi) is 7.39. The molecule has 0 fully saturated rings. The SMILES string of the molecule is C[C@H](NP(C)(=O)Oc1ccc(Cl)cc1)C(=O)OCc1c(Cl)cccc1Cl. The van der Waals surface area contributed by atoms with E-state index in [4.69, 9.17) is 44.1 Å². The first-order valence-corrected chi connectivity index (χ1v) is 10.8. The second-order valence-corrected chi connectivity index (χ2v) is 8.93. The Hall–Kier alpha value is -1.23. The molecule has 2 atom stereocenters. The maximum Gasteiger partial charge on any atom is 0.323 e. The van der Waals surface area contributed by atoms with E-state index in [1.165, 1.54) is 13.6 Å². The third kappa shape index (κ3) is 6.19. The lowest BCUT2D eigenvalue weighted by Gasteiger charge is -2.20. The first-order valence-electron chi connectivity index (χ1n) is 7.58. The van der Waals surface area contributed by atoms with Crippen LogP contribution in [0.15, 0.2) is 42.5 Å². The van der Waals surface area contributed by atoms with E-state index in [1.807, 2.05) is 0 Å². The topological polar surface area (TPSA) is 64.6 Å². The highest BCUT2D eigenvalue weighted by atomic mass is 35.5. The number of hydrogen-bond donors (Lipinski definition) is 1. The molecule has 0 saturated heterocycles. The van der Waals surface area contributed by atoms with Gasteiger partial charge in [-0.05, 0) is 43.3 Å². The van der Waals surface area contributed by atoms with Crippen molar-refractivity contribution in [1.82, 2.24) is 5.09 Å². The van der Waals surface area contributed by atoms with Gasteiger partial charge in [0.2, 0.25) is 0 Å². The van der Waals surface area contributed by atoms with Crippen LogP contribution >= 0.6 is 42.3 Å². The Bertz CT molecular complexity index is 809. The van der Waals surface area contributed by atoms with Crippen LogP contribution in [-0.4, -0.2) is 18.7 Å². The molecule has 5 nitrogen and oxygen atoms in total. The van der Waals surface area contributed by atoms with E-state index in [2.05, 4.69) is 5.09 Å². The van der Waals surface area contributed by atoms with E-state index in [1.54, 1.807) is 42.5 Å². The fraction of sp³-hybridized carbons (Fsp3) is 0.235. The molecule has 0 amide bonds. The number of rotatable bonds is 7. The predicted octanol–water partition coefficient (Wildman–Crippen LogP) is 5.57. The van der Waals surface area contributed by atoms with Crippen LogP contribution in [-0.2, 0) is 20.7 Å². The van der Waals surface area contributed by atoms with Crippen LogP contribution in [0.2, 0.25) is 15.1 Å². The van der Waals surface area contributed by atoms with Crippen molar-refractivity contribution in [1.29, 1.82) is 0 Å². The molecule has 2 aromatic carbocycles. The second kappa shape index (κ2) is 9.12. The summed E-state index contributed by atoms with van der Waals surface area (Å²) in [6.07, 6.45) is 0. The fourth-order valence-corrected chi connectivity index (χ4v) is 4.08. The molecule has 0 aliphatic rings. The summed E-state index contributed by atoms with van der Waals surface area (Å²) in [5.41, 5.74) is 0.508. The summed E-state index contributed by atoms with van der Waals surface area (Å²) >= 11 is 17.9. The number of nitrogens with one attached hydrogen (secondary N) is 1. The van der Waals surface area contributed by atoms with Crippen molar-refractivity contribution in [3.05, 3.63) is 63.1 Å². The molecule has 26 heavy (non-hydrogen) atoms. The molecule has 9 heteroatoms. The molecule has 1 unspecified atom stereocenters. The molecule has 0 aliphatic heterocycles. The van der Waals surface area contributed by atoms with E-state index >= 15 is 0 Å². The smallest absolute Gasteiger partial charge is 0.323 e. The number of carbonyl (C=O) groups excluding carboxylic acids is 1. The molecular weight excluding hydrogens is 420 g/mol. The van der Waals surface area contributed by atoms with Gasteiger partial charge in [-0.2, -0.15) is 0 Å². The Balaban J connectivity index is 1.93. The maximum atomic E-state index is 12.5. The zero-order valence-corrected chi connectivity index (χ0v) is 17.2.